The van der Waals surface area contributed by atoms with Gasteiger partial charge in [0.15, 0.2) is 0 Å². The smallest absolute Gasteiger partial charge is 0.489 e. The van der Waals surface area contributed by atoms with E-state index in [1.807, 2.05) is 60.7 Å². The van der Waals surface area contributed by atoms with Crippen molar-refractivity contribution in [2.45, 2.75) is 78.0 Å². The summed E-state index contributed by atoms with van der Waals surface area (Å²) >= 11 is 0. The number of nitrogens with one attached hydrogen (secondary N) is 1. The summed E-state index contributed by atoms with van der Waals surface area (Å²) in [6, 6.07) is 30.7. The largest absolute Gasteiger partial charge is 0.526 e. The summed E-state index contributed by atoms with van der Waals surface area (Å²) in [5, 5.41) is 13.0. The first-order valence-electron chi connectivity index (χ1n) is 17.1. The molecule has 3 amide bonds. The molecule has 5 rings (SSSR count). The Hall–Kier alpha value is -4.95. The summed E-state index contributed by atoms with van der Waals surface area (Å²) in [6.45, 7) is 7.92. The number of aliphatic carboxylic acids is 1. The Labute approximate surface area is 289 Å². The van der Waals surface area contributed by atoms with Crippen LogP contribution in [0.15, 0.2) is 97.1 Å². The van der Waals surface area contributed by atoms with Gasteiger partial charge in [-0.2, -0.15) is 4.79 Å². The van der Waals surface area contributed by atoms with Crippen molar-refractivity contribution >= 4 is 18.1 Å². The predicted molar refractivity (Wildman–Crippen MR) is 190 cm³/mol. The number of nitrogens with zero attached hydrogens (tertiary/aromatic N) is 1. The van der Waals surface area contributed by atoms with Gasteiger partial charge in [-0.1, -0.05) is 98.3 Å². The fraction of sp³-hybridized carbons (Fsp3) is 0.341. The zero-order chi connectivity index (χ0) is 35.0. The van der Waals surface area contributed by atoms with Gasteiger partial charge in [-0.25, -0.2) is 4.79 Å². The Balaban J connectivity index is 1.32. The number of carboxylic acids is 1. The number of aryl methyl sites for hydroxylation is 1. The molecule has 4 aromatic carbocycles. The molecule has 0 saturated carbocycles. The lowest BCUT2D eigenvalue weighted by atomic mass is 9.96. The second-order valence-corrected chi connectivity index (χ2v) is 13.8. The molecule has 1 heterocycles. The summed E-state index contributed by atoms with van der Waals surface area (Å²) in [5.41, 5.74) is 5.91. The van der Waals surface area contributed by atoms with Gasteiger partial charge >= 0.3 is 18.1 Å². The van der Waals surface area contributed by atoms with Gasteiger partial charge in [-0.15, -0.1) is 4.48 Å². The number of carboxylic acid groups (broad SMARTS) is 1. The van der Waals surface area contributed by atoms with Gasteiger partial charge in [-0.05, 0) is 79.1 Å². The van der Waals surface area contributed by atoms with Crippen LogP contribution < -0.4 is 10.1 Å². The highest BCUT2D eigenvalue weighted by Gasteiger charge is 2.50. The van der Waals surface area contributed by atoms with E-state index in [0.717, 1.165) is 47.1 Å². The number of hydrogen-bond acceptors (Lipinski definition) is 5. The molecule has 1 aliphatic heterocycles. The summed E-state index contributed by atoms with van der Waals surface area (Å²) in [7, 11) is 0. The number of quaternary nitrogens is 1. The molecule has 4 aromatic rings. The van der Waals surface area contributed by atoms with Crippen molar-refractivity contribution < 1.29 is 33.4 Å². The maximum absolute atomic E-state index is 14.1. The van der Waals surface area contributed by atoms with Crippen LogP contribution in [0.4, 0.5) is 9.59 Å². The third-order valence-corrected chi connectivity index (χ3v) is 8.94. The number of ether oxygens (including phenoxy) is 2. The number of unbranched alkanes of at least 4 members (excludes halogenated alkanes) is 1. The summed E-state index contributed by atoms with van der Waals surface area (Å²) < 4.78 is 11.3. The predicted octanol–water partition coefficient (Wildman–Crippen LogP) is 8.66. The summed E-state index contributed by atoms with van der Waals surface area (Å²) in [4.78, 5) is 40.3. The van der Waals surface area contributed by atoms with E-state index in [2.05, 4.69) is 36.5 Å². The van der Waals surface area contributed by atoms with Crippen molar-refractivity contribution in [3.05, 3.63) is 125 Å². The van der Waals surface area contributed by atoms with Crippen LogP contribution in [0.3, 0.4) is 0 Å². The van der Waals surface area contributed by atoms with E-state index in [-0.39, 0.29) is 19.6 Å². The highest BCUT2D eigenvalue weighted by atomic mass is 16.6. The van der Waals surface area contributed by atoms with Gasteiger partial charge in [0.2, 0.25) is 0 Å². The number of rotatable bonds is 11. The first kappa shape index (κ1) is 35.4. The van der Waals surface area contributed by atoms with Crippen LogP contribution in [-0.2, 0) is 35.5 Å². The number of carbonyl (C=O) groups excluding carboxylic acids is 2. The van der Waals surface area contributed by atoms with Gasteiger partial charge in [0.1, 0.15) is 31.0 Å². The molecular formula is C41H47N2O6+. The number of amides is 3. The van der Waals surface area contributed by atoms with Gasteiger partial charge in [0.25, 0.3) is 0 Å². The topological polar surface area (TPSA) is 102 Å². The number of fused-ring (bicyclic) bond motifs is 1. The van der Waals surface area contributed by atoms with Crippen LogP contribution in [-0.4, -0.2) is 46.4 Å². The maximum atomic E-state index is 14.1. The average Bonchev–Trinajstić information content (AvgIpc) is 3.09. The Morgan fingerprint density at radius 1 is 0.857 bits per heavy atom. The molecule has 0 radical (unpaired) electrons. The van der Waals surface area contributed by atoms with Crippen molar-refractivity contribution in [2.75, 3.05) is 13.1 Å². The van der Waals surface area contributed by atoms with Crippen LogP contribution in [0, 0.1) is 0 Å². The number of carbonyl (C=O) groups is 3. The fourth-order valence-electron chi connectivity index (χ4n) is 6.10. The van der Waals surface area contributed by atoms with E-state index < -0.39 is 34.1 Å². The Morgan fingerprint density at radius 3 is 2.18 bits per heavy atom. The Morgan fingerprint density at radius 2 is 1.53 bits per heavy atom. The third-order valence-electron chi connectivity index (χ3n) is 8.94. The minimum absolute atomic E-state index is 0.0584. The van der Waals surface area contributed by atoms with Crippen molar-refractivity contribution in [3.63, 3.8) is 0 Å². The zero-order valence-electron chi connectivity index (χ0n) is 28.9. The Bertz CT molecular complexity index is 1750. The number of hydrogen-bond donors (Lipinski definition) is 2. The fourth-order valence-corrected chi connectivity index (χ4v) is 6.10. The second-order valence-electron chi connectivity index (χ2n) is 13.8. The van der Waals surface area contributed by atoms with E-state index >= 15 is 0 Å². The molecule has 49 heavy (non-hydrogen) atoms. The number of benzene rings is 4. The molecular weight excluding hydrogens is 616 g/mol. The van der Waals surface area contributed by atoms with Gasteiger partial charge < -0.3 is 19.9 Å². The standard InChI is InChI=1S/C41H46N2O6/c1-5-6-10-29-13-15-30(16-14-29)28-48-36-22-21-33-23-24-43(27-35(33)25-36,40(47)49-41(2,3)4)39(46)42-26-37(38(44)45)34-19-17-32(18-20-34)31-11-8-7-9-12-31/h7-9,11-22,25,37H,5-6,10,23-24,26-28H2,1-4H3,(H-,42,44,45,46)/p+1. The maximum Gasteiger partial charge on any atom is 0.526 e. The first-order chi connectivity index (χ1) is 23.5. The van der Waals surface area contributed by atoms with Crippen LogP contribution in [0.1, 0.15) is 74.3 Å². The summed E-state index contributed by atoms with van der Waals surface area (Å²) in [6.07, 6.45) is 3.17. The molecule has 2 N–H and O–H groups in total. The third kappa shape index (κ3) is 8.95. The first-order valence-corrected chi connectivity index (χ1v) is 17.1. The van der Waals surface area contributed by atoms with Crippen LogP contribution in [0.25, 0.3) is 11.1 Å². The number of imide groups is 1. The lowest BCUT2D eigenvalue weighted by Gasteiger charge is -2.37. The highest BCUT2D eigenvalue weighted by Crippen LogP contribution is 2.32. The molecule has 0 bridgehead atoms. The van der Waals surface area contributed by atoms with Gasteiger partial charge in [0.05, 0.1) is 5.92 Å². The van der Waals surface area contributed by atoms with Crippen LogP contribution in [0.2, 0.25) is 0 Å². The Kier molecular flexibility index (Phi) is 11.2. The molecule has 8 heteroatoms. The second kappa shape index (κ2) is 15.5. The molecule has 0 saturated heterocycles. The van der Waals surface area contributed by atoms with E-state index in [1.165, 1.54) is 5.56 Å². The van der Waals surface area contributed by atoms with Gasteiger partial charge in [-0.3, -0.25) is 4.79 Å². The molecule has 0 aliphatic carbocycles. The SMILES string of the molecule is CCCCc1ccc(COc2ccc3c(c2)C[N+](C(=O)NCC(C(=O)O)c2ccc(-c4ccccc4)cc2)(C(=O)OC(C)(C)C)CC3)cc1. The van der Waals surface area contributed by atoms with Crippen LogP contribution >= 0.6 is 0 Å². The zero-order valence-corrected chi connectivity index (χ0v) is 28.9. The minimum Gasteiger partial charge on any atom is -0.489 e. The van der Waals surface area contributed by atoms with E-state index in [0.29, 0.717) is 24.3 Å². The van der Waals surface area contributed by atoms with Crippen molar-refractivity contribution in [2.24, 2.45) is 0 Å². The average molecular weight is 664 g/mol. The molecule has 0 aromatic heterocycles. The molecule has 8 nitrogen and oxygen atoms in total. The van der Waals surface area contributed by atoms with Crippen LogP contribution in [0.5, 0.6) is 5.75 Å². The molecule has 2 unspecified atom stereocenters. The van der Waals surface area contributed by atoms with E-state index in [9.17, 15) is 19.5 Å². The minimum atomic E-state index is -1.07. The molecule has 256 valence electrons. The monoisotopic (exact) mass is 663 g/mol. The van der Waals surface area contributed by atoms with E-state index in [4.69, 9.17) is 9.47 Å². The summed E-state index contributed by atoms with van der Waals surface area (Å²) in [5.74, 6) is -1.44. The molecule has 1 aliphatic rings. The molecule has 0 fully saturated rings. The van der Waals surface area contributed by atoms with Crippen molar-refractivity contribution in [1.82, 2.24) is 5.32 Å². The van der Waals surface area contributed by atoms with E-state index in [1.54, 1.807) is 32.9 Å². The molecule has 2 atom stereocenters. The van der Waals surface area contributed by atoms with Gasteiger partial charge in [0, 0.05) is 18.5 Å². The highest BCUT2D eigenvalue weighted by molar-refractivity contribution is 5.82. The van der Waals surface area contributed by atoms with Crippen molar-refractivity contribution in [1.29, 1.82) is 0 Å². The normalized spacial score (nSPS) is 16.2. The quantitative estimate of drug-likeness (QED) is 0.156. The lowest BCUT2D eigenvalue weighted by molar-refractivity contribution is -0.795. The lowest BCUT2D eigenvalue weighted by Crippen LogP contribution is -2.63. The molecule has 0 spiro atoms. The van der Waals surface area contributed by atoms with Crippen molar-refractivity contribution in [3.8, 4) is 16.9 Å². The number of urea groups is 1.